The van der Waals surface area contributed by atoms with E-state index in [0.717, 1.165) is 10.9 Å². The Kier molecular flexibility index (Phi) is 10.3. The molecular formula is C21H32N10O18P3+. The molecule has 4 unspecified atom stereocenters. The molecule has 31 heteroatoms. The number of aliphatic hydroxyl groups excluding tert-OH is 5. The second kappa shape index (κ2) is 13.9. The first-order valence-corrected chi connectivity index (χ1v) is 19.0. The number of aliphatic hydroxyl groups is 5. The minimum Gasteiger partial charge on any atom is -0.387 e. The van der Waals surface area contributed by atoms with E-state index in [1.807, 2.05) is 0 Å². The average molecular weight is 805 g/mol. The molecule has 6 rings (SSSR count). The Balaban J connectivity index is 1.03. The van der Waals surface area contributed by atoms with Gasteiger partial charge in [-0.1, -0.05) is 0 Å². The Morgan fingerprint density at radius 2 is 1.52 bits per heavy atom. The van der Waals surface area contributed by atoms with Crippen molar-refractivity contribution in [3.63, 3.8) is 0 Å². The number of hydrogen-bond donors (Lipinski definition) is 12. The first kappa shape index (κ1) is 38.5. The Hall–Kier alpha value is -3.24. The lowest BCUT2D eigenvalue weighted by Gasteiger charge is -2.21. The number of aromatic nitrogens is 6. The molecule has 14 N–H and O–H groups in total. The predicted molar refractivity (Wildman–Crippen MR) is 164 cm³/mol. The Morgan fingerprint density at radius 3 is 2.15 bits per heavy atom. The fourth-order valence-electron chi connectivity index (χ4n) is 5.56. The second-order valence-electron chi connectivity index (χ2n) is 11.4. The van der Waals surface area contributed by atoms with Crippen molar-refractivity contribution in [2.45, 2.75) is 55.3 Å². The molecule has 0 aromatic carbocycles. The Bertz CT molecular complexity index is 2090. The van der Waals surface area contributed by atoms with Gasteiger partial charge < -0.3 is 61.2 Å². The van der Waals surface area contributed by atoms with Gasteiger partial charge in [0.15, 0.2) is 23.7 Å². The van der Waals surface area contributed by atoms with Crippen LogP contribution in [0.15, 0.2) is 22.4 Å². The van der Waals surface area contributed by atoms with Crippen molar-refractivity contribution in [1.82, 2.24) is 24.1 Å². The lowest BCUT2D eigenvalue weighted by molar-refractivity contribution is -0.753. The fraction of sp³-hybridized carbons (Fsp3) is 0.571. The van der Waals surface area contributed by atoms with Crippen LogP contribution < -0.4 is 26.9 Å². The van der Waals surface area contributed by atoms with Crippen LogP contribution in [0.1, 0.15) is 24.4 Å². The number of nitrogens with zero attached hydrogens (tertiary/aromatic N) is 6. The minimum atomic E-state index is -5.99. The van der Waals surface area contributed by atoms with Gasteiger partial charge in [0.25, 0.3) is 17.3 Å². The van der Waals surface area contributed by atoms with E-state index in [4.69, 9.17) is 20.9 Å². The van der Waals surface area contributed by atoms with Crippen molar-refractivity contribution in [3.05, 3.63) is 28.7 Å². The summed E-state index contributed by atoms with van der Waals surface area (Å²) in [5.41, 5.74) is 10.3. The molecule has 288 valence electrons. The fourth-order valence-corrected chi connectivity index (χ4v) is 9.08. The van der Waals surface area contributed by atoms with Gasteiger partial charge in [-0.2, -0.15) is 18.6 Å². The molecule has 3 aliphatic heterocycles. The van der Waals surface area contributed by atoms with Crippen LogP contribution in [-0.4, -0.2) is 120 Å². The summed E-state index contributed by atoms with van der Waals surface area (Å²) in [4.78, 5) is 55.8. The van der Waals surface area contributed by atoms with Gasteiger partial charge in [0.05, 0.1) is 26.6 Å². The highest BCUT2D eigenvalue weighted by molar-refractivity contribution is 7.66. The van der Waals surface area contributed by atoms with E-state index in [0.29, 0.717) is 0 Å². The molecule has 52 heavy (non-hydrogen) atoms. The van der Waals surface area contributed by atoms with Crippen molar-refractivity contribution in [2.75, 3.05) is 24.3 Å². The number of aromatic amines is 1. The van der Waals surface area contributed by atoms with E-state index in [1.165, 1.54) is 22.5 Å². The summed E-state index contributed by atoms with van der Waals surface area (Å²) >= 11 is 0. The van der Waals surface area contributed by atoms with Crippen molar-refractivity contribution >= 4 is 52.4 Å². The van der Waals surface area contributed by atoms with Crippen LogP contribution in [0.2, 0.25) is 0 Å². The largest absolute Gasteiger partial charge is 0.490 e. The number of phosphoric acid groups is 3. The van der Waals surface area contributed by atoms with Crippen LogP contribution in [0, 0.1) is 0 Å². The number of aryl methyl sites for hydroxylation is 1. The van der Waals surface area contributed by atoms with E-state index in [-0.39, 0.29) is 34.6 Å². The molecule has 28 nitrogen and oxygen atoms in total. The summed E-state index contributed by atoms with van der Waals surface area (Å²) < 4.78 is 69.4. The minimum absolute atomic E-state index is 0.128. The number of imidazole rings is 2. The number of phosphoric ester groups is 2. The van der Waals surface area contributed by atoms with E-state index < -0.39 is 97.5 Å². The van der Waals surface area contributed by atoms with Gasteiger partial charge in [-0.05, 0) is 0 Å². The number of ether oxygens (including phenoxy) is 2. The molecule has 0 aliphatic carbocycles. The van der Waals surface area contributed by atoms with Crippen molar-refractivity contribution in [3.8, 4) is 0 Å². The van der Waals surface area contributed by atoms with Gasteiger partial charge in [0.1, 0.15) is 36.6 Å². The van der Waals surface area contributed by atoms with Crippen molar-refractivity contribution in [1.29, 1.82) is 0 Å². The van der Waals surface area contributed by atoms with Gasteiger partial charge in [-0.3, -0.25) is 28.0 Å². The van der Waals surface area contributed by atoms with Gasteiger partial charge in [-0.15, -0.1) is 0 Å². The molecular weight excluding hydrogens is 773 g/mol. The zero-order valence-corrected chi connectivity index (χ0v) is 28.8. The molecule has 3 aliphatic rings. The number of H-pyrrole nitrogens is 1. The number of anilines is 2. The molecule has 0 amide bonds. The number of guanidine groups is 1. The standard InChI is InChI=1S/C21H31N10O18P3/c1-29-5-31(15-9(29)17(37)28-21(23)26-15)19-13(35)11(33)7(47-19)3-45-51(40,41)49-52(42,43)48-50(38,39)44-2-6-10(32)12(34)18(46-6)30-4-24-8-14(30)25-20(22)27-16(8)36/h4-7,10-13,17-19,32-35,37H,2-3H2,1H3,(H8-,22,23,25,26,27,28,36,38,39,40,41,42,43)/p+1/t6-,7-,10-,11-,12-,13-,17?,18-,19-/m1/s1. The average Bonchev–Trinajstić information content (AvgIpc) is 3.74. The van der Waals surface area contributed by atoms with E-state index in [2.05, 4.69) is 42.9 Å². The van der Waals surface area contributed by atoms with Gasteiger partial charge in [0.2, 0.25) is 24.1 Å². The lowest BCUT2D eigenvalue weighted by atomic mass is 10.1. The summed E-state index contributed by atoms with van der Waals surface area (Å²) in [6.45, 7) is -2.15. The topological polar surface area (TPSA) is 417 Å². The number of fused-ring (bicyclic) bond motifs is 2. The summed E-state index contributed by atoms with van der Waals surface area (Å²) in [5.74, 6) is -0.360. The molecule has 0 radical (unpaired) electrons. The summed E-state index contributed by atoms with van der Waals surface area (Å²) in [5, 5.41) is 55.0. The highest BCUT2D eigenvalue weighted by atomic mass is 31.3. The second-order valence-corrected chi connectivity index (χ2v) is 16.0. The first-order chi connectivity index (χ1) is 24.2. The molecule has 6 heterocycles. The predicted octanol–water partition coefficient (Wildman–Crippen LogP) is -4.63. The quantitative estimate of drug-likeness (QED) is 0.0605. The van der Waals surface area contributed by atoms with Crippen LogP contribution in [0.4, 0.5) is 11.8 Å². The summed E-state index contributed by atoms with van der Waals surface area (Å²) in [7, 11) is -15.8. The van der Waals surface area contributed by atoms with Crippen LogP contribution in [0.3, 0.4) is 0 Å². The number of hydrogen-bond acceptors (Lipinski definition) is 21. The Morgan fingerprint density at radius 1 is 0.923 bits per heavy atom. The molecule has 12 atom stereocenters. The van der Waals surface area contributed by atoms with Gasteiger partial charge in [-0.25, -0.2) is 28.6 Å². The monoisotopic (exact) mass is 805 g/mol. The van der Waals surface area contributed by atoms with E-state index in [1.54, 1.807) is 0 Å². The number of aliphatic imine (C=N–C) groups is 1. The zero-order valence-electron chi connectivity index (χ0n) is 26.1. The maximum absolute atomic E-state index is 12.5. The number of rotatable bonds is 12. The molecule has 3 aromatic rings. The highest BCUT2D eigenvalue weighted by Gasteiger charge is 2.51. The van der Waals surface area contributed by atoms with Crippen molar-refractivity contribution < 1.29 is 85.6 Å². The Labute approximate surface area is 288 Å². The van der Waals surface area contributed by atoms with Crippen LogP contribution in [-0.2, 0) is 47.9 Å². The number of nitrogens with one attached hydrogen (secondary N) is 2. The molecule has 0 saturated carbocycles. The lowest BCUT2D eigenvalue weighted by Crippen LogP contribution is -2.48. The third-order valence-corrected chi connectivity index (χ3v) is 12.1. The number of nitrogen functional groups attached to an aromatic ring is 1. The third-order valence-electron chi connectivity index (χ3n) is 7.82. The smallest absolute Gasteiger partial charge is 0.387 e. The highest BCUT2D eigenvalue weighted by Crippen LogP contribution is 2.67. The normalized spacial score (nSPS) is 32.5. The van der Waals surface area contributed by atoms with E-state index in [9.17, 15) is 58.7 Å². The summed E-state index contributed by atoms with van der Waals surface area (Å²) in [6, 6.07) is 0. The SMILES string of the molecule is Cn1c[n+]([C@@H]2O[C@H](COP(=O)(O)OP(=O)(O)OP(=O)(O)OC[C@H]3O[C@@H](n4cnc5c(=O)[nH]c(N)nc54)[C@H](O)[C@@H]3O)[C@@H](O)[C@H]2O)c2c1C(O)N=C(N)N2. The first-order valence-electron chi connectivity index (χ1n) is 14.5. The van der Waals surface area contributed by atoms with Gasteiger partial charge >= 0.3 is 23.5 Å². The van der Waals surface area contributed by atoms with Crippen molar-refractivity contribution in [2.24, 2.45) is 17.8 Å². The van der Waals surface area contributed by atoms with Crippen LogP contribution in [0.25, 0.3) is 11.2 Å². The molecule has 0 spiro atoms. The van der Waals surface area contributed by atoms with Crippen LogP contribution in [0.5, 0.6) is 0 Å². The van der Waals surface area contributed by atoms with Gasteiger partial charge in [0, 0.05) is 0 Å². The summed E-state index contributed by atoms with van der Waals surface area (Å²) in [6.07, 6.45) is -12.1. The molecule has 2 saturated heterocycles. The van der Waals surface area contributed by atoms with Crippen LogP contribution >= 0.6 is 23.5 Å². The molecule has 3 aromatic heterocycles. The molecule has 0 bridgehead atoms. The number of nitrogens with two attached hydrogens (primary N) is 2. The third kappa shape index (κ3) is 7.57. The van der Waals surface area contributed by atoms with E-state index >= 15 is 0 Å². The molecule has 2 fully saturated rings. The maximum Gasteiger partial charge on any atom is 0.490 e. The zero-order chi connectivity index (χ0) is 38.1. The maximum atomic E-state index is 12.5.